The Morgan fingerprint density at radius 2 is 2.27 bits per heavy atom. The lowest BCUT2D eigenvalue weighted by Crippen LogP contribution is -2.41. The Kier molecular flexibility index (Phi) is 5.02. The van der Waals surface area contributed by atoms with Gasteiger partial charge in [0.05, 0.1) is 25.2 Å². The minimum atomic E-state index is -3.79. The molecule has 8 nitrogen and oxygen atoms in total. The van der Waals surface area contributed by atoms with Gasteiger partial charge < -0.3 is 5.11 Å². The molecule has 0 aliphatic carbocycles. The van der Waals surface area contributed by atoms with Gasteiger partial charge in [0.15, 0.2) is 5.65 Å². The number of nitrogens with one attached hydrogen (secondary N) is 1. The van der Waals surface area contributed by atoms with Gasteiger partial charge >= 0.3 is 0 Å². The van der Waals surface area contributed by atoms with Crippen molar-refractivity contribution >= 4 is 27.4 Å². The predicted octanol–water partition coefficient (Wildman–Crippen LogP) is -0.00832. The van der Waals surface area contributed by atoms with Crippen molar-refractivity contribution in [1.82, 2.24) is 19.3 Å². The van der Waals surface area contributed by atoms with E-state index in [1.54, 1.807) is 13.2 Å². The zero-order valence-electron chi connectivity index (χ0n) is 12.0. The Labute approximate surface area is 132 Å². The van der Waals surface area contributed by atoms with Crippen molar-refractivity contribution in [3.8, 4) is 6.07 Å². The number of rotatable bonds is 6. The van der Waals surface area contributed by atoms with Crippen LogP contribution in [0.25, 0.3) is 5.65 Å². The largest absolute Gasteiger partial charge is 0.395 e. The monoisotopic (exact) mass is 341 g/mol. The molecular formula is C12H15N5O3S2. The number of fused-ring (bicyclic) bond motifs is 1. The second kappa shape index (κ2) is 6.62. The van der Waals surface area contributed by atoms with E-state index in [1.165, 1.54) is 34.9 Å². The molecule has 0 radical (unpaired) electrons. The van der Waals surface area contributed by atoms with Crippen LogP contribution in [0.5, 0.6) is 0 Å². The highest BCUT2D eigenvalue weighted by molar-refractivity contribution is 7.99. The lowest BCUT2D eigenvalue weighted by atomic mass is 10.3. The molecule has 2 unspecified atom stereocenters. The number of nitrogens with zero attached hydrogens (tertiary/aromatic N) is 4. The molecule has 0 saturated carbocycles. The van der Waals surface area contributed by atoms with E-state index >= 15 is 0 Å². The number of sulfonamides is 1. The topological polar surface area (TPSA) is 120 Å². The summed E-state index contributed by atoms with van der Waals surface area (Å²) in [5.41, 5.74) is 0.569. The van der Waals surface area contributed by atoms with Crippen molar-refractivity contribution in [2.45, 2.75) is 23.1 Å². The first-order valence-corrected chi connectivity index (χ1v) is 9.09. The molecule has 0 spiro atoms. The molecule has 0 aliphatic heterocycles. The molecule has 22 heavy (non-hydrogen) atoms. The van der Waals surface area contributed by atoms with Crippen molar-refractivity contribution in [3.05, 3.63) is 24.2 Å². The summed E-state index contributed by atoms with van der Waals surface area (Å²) in [6.45, 7) is 1.55. The summed E-state index contributed by atoms with van der Waals surface area (Å²) in [6.07, 6.45) is 5.60. The predicted molar refractivity (Wildman–Crippen MR) is 81.9 cm³/mol. The molecule has 2 atom stereocenters. The third kappa shape index (κ3) is 3.22. The van der Waals surface area contributed by atoms with E-state index in [9.17, 15) is 13.5 Å². The smallest absolute Gasteiger partial charge is 0.243 e. The van der Waals surface area contributed by atoms with E-state index in [-0.39, 0.29) is 22.3 Å². The first kappa shape index (κ1) is 16.7. The van der Waals surface area contributed by atoms with Gasteiger partial charge in [-0.1, -0.05) is 0 Å². The van der Waals surface area contributed by atoms with E-state index in [0.29, 0.717) is 5.65 Å². The molecule has 0 amide bonds. The van der Waals surface area contributed by atoms with Crippen LogP contribution in [0.1, 0.15) is 12.5 Å². The average molecular weight is 341 g/mol. The third-order valence-corrected chi connectivity index (χ3v) is 5.82. The van der Waals surface area contributed by atoms with Crippen LogP contribution in [-0.2, 0) is 10.0 Å². The summed E-state index contributed by atoms with van der Waals surface area (Å²) < 4.78 is 28.5. The second-order valence-corrected chi connectivity index (χ2v) is 7.39. The van der Waals surface area contributed by atoms with Crippen LogP contribution in [0.4, 0.5) is 0 Å². The third-order valence-electron chi connectivity index (χ3n) is 3.14. The van der Waals surface area contributed by atoms with Crippen molar-refractivity contribution in [1.29, 1.82) is 5.26 Å². The highest BCUT2D eigenvalue weighted by atomic mass is 32.2. The number of hydrogen-bond acceptors (Lipinski definition) is 7. The van der Waals surface area contributed by atoms with Crippen LogP contribution in [-0.4, -0.2) is 52.3 Å². The van der Waals surface area contributed by atoms with Gasteiger partial charge in [-0.15, -0.1) is 0 Å². The van der Waals surface area contributed by atoms with Crippen LogP contribution in [0, 0.1) is 11.3 Å². The molecule has 2 heterocycles. The highest BCUT2D eigenvalue weighted by Gasteiger charge is 2.24. The minimum Gasteiger partial charge on any atom is -0.395 e. The number of aliphatic hydroxyl groups is 1. The van der Waals surface area contributed by atoms with Crippen LogP contribution in [0.2, 0.25) is 0 Å². The van der Waals surface area contributed by atoms with E-state index in [4.69, 9.17) is 5.26 Å². The van der Waals surface area contributed by atoms with Gasteiger partial charge in [0, 0.05) is 11.3 Å². The quantitative estimate of drug-likeness (QED) is 0.758. The lowest BCUT2D eigenvalue weighted by Gasteiger charge is -2.21. The van der Waals surface area contributed by atoms with E-state index < -0.39 is 16.1 Å². The molecule has 118 valence electrons. The van der Waals surface area contributed by atoms with Gasteiger partial charge in [0.2, 0.25) is 10.0 Å². The average Bonchev–Trinajstić information content (AvgIpc) is 2.90. The Hall–Kier alpha value is -1.67. The number of aromatic nitrogens is 3. The van der Waals surface area contributed by atoms with Gasteiger partial charge in [-0.2, -0.15) is 22.1 Å². The fourth-order valence-corrected chi connectivity index (χ4v) is 3.83. The molecule has 2 N–H and O–H groups in total. The summed E-state index contributed by atoms with van der Waals surface area (Å²) in [6, 6.07) is 1.48. The van der Waals surface area contributed by atoms with Crippen molar-refractivity contribution in [2.24, 2.45) is 0 Å². The molecule has 0 saturated heterocycles. The van der Waals surface area contributed by atoms with Gasteiger partial charge in [0.1, 0.15) is 16.5 Å². The van der Waals surface area contributed by atoms with Crippen LogP contribution < -0.4 is 4.72 Å². The minimum absolute atomic E-state index is 0.0581. The van der Waals surface area contributed by atoms with Crippen LogP contribution in [0.15, 0.2) is 23.5 Å². The van der Waals surface area contributed by atoms with Crippen molar-refractivity contribution < 1.29 is 13.5 Å². The summed E-state index contributed by atoms with van der Waals surface area (Å²) in [4.78, 5) is 3.92. The van der Waals surface area contributed by atoms with Crippen molar-refractivity contribution in [3.63, 3.8) is 0 Å². The second-order valence-electron chi connectivity index (χ2n) is 4.59. The van der Waals surface area contributed by atoms with E-state index in [1.807, 2.05) is 6.07 Å². The molecule has 0 aromatic carbocycles. The number of aliphatic hydroxyl groups excluding tert-OH is 1. The summed E-state index contributed by atoms with van der Waals surface area (Å²) in [7, 11) is -3.79. The molecule has 2 rings (SSSR count). The SMILES string of the molecule is CSC(CO)C(C)NS(=O)(=O)c1cnc2c(C#N)cnn2c1. The first-order chi connectivity index (χ1) is 10.4. The molecule has 2 aromatic rings. The zero-order valence-corrected chi connectivity index (χ0v) is 13.6. The normalized spacial score (nSPS) is 14.6. The molecule has 10 heteroatoms. The Morgan fingerprint density at radius 3 is 2.86 bits per heavy atom. The van der Waals surface area contributed by atoms with Crippen molar-refractivity contribution in [2.75, 3.05) is 12.9 Å². The Morgan fingerprint density at radius 1 is 1.55 bits per heavy atom. The Balaban J connectivity index is 2.32. The molecule has 0 bridgehead atoms. The maximum Gasteiger partial charge on any atom is 0.243 e. The number of thioether (sulfide) groups is 1. The fourth-order valence-electron chi connectivity index (χ4n) is 1.90. The van der Waals surface area contributed by atoms with Gasteiger partial charge in [-0.3, -0.25) is 0 Å². The molecular weight excluding hydrogens is 326 g/mol. The number of hydrogen-bond donors (Lipinski definition) is 2. The zero-order chi connectivity index (χ0) is 16.3. The van der Waals surface area contributed by atoms with Gasteiger partial charge in [0.25, 0.3) is 0 Å². The van der Waals surface area contributed by atoms with E-state index in [2.05, 4.69) is 14.8 Å². The molecule has 2 aromatic heterocycles. The summed E-state index contributed by atoms with van der Waals surface area (Å²) in [5.74, 6) is 0. The van der Waals surface area contributed by atoms with Gasteiger partial charge in [-0.05, 0) is 13.2 Å². The first-order valence-electron chi connectivity index (χ1n) is 6.32. The van der Waals surface area contributed by atoms with Gasteiger partial charge in [-0.25, -0.2) is 22.6 Å². The molecule has 0 fully saturated rings. The maximum atomic E-state index is 12.4. The maximum absolute atomic E-state index is 12.4. The van der Waals surface area contributed by atoms with E-state index in [0.717, 1.165) is 0 Å². The number of nitriles is 1. The highest BCUT2D eigenvalue weighted by Crippen LogP contribution is 2.15. The summed E-state index contributed by atoms with van der Waals surface area (Å²) in [5, 5.41) is 21.8. The molecule has 0 aliphatic rings. The van der Waals surface area contributed by atoms with Crippen LogP contribution >= 0.6 is 11.8 Å². The fraction of sp³-hybridized carbons (Fsp3) is 0.417. The lowest BCUT2D eigenvalue weighted by molar-refractivity contribution is 0.282. The Bertz CT molecular complexity index is 808. The standard InChI is InChI=1S/C12H15N5O3S2/c1-8(11(7-18)21-2)16-22(19,20)10-5-14-12-9(3-13)4-15-17(12)6-10/h4-6,8,11,16,18H,7H2,1-2H3. The van der Waals surface area contributed by atoms with Crippen LogP contribution in [0.3, 0.4) is 0 Å². The summed E-state index contributed by atoms with van der Waals surface area (Å²) >= 11 is 1.38.